The van der Waals surface area contributed by atoms with Crippen LogP contribution in [0.4, 0.5) is 0 Å². The molecule has 36 heavy (non-hydrogen) atoms. The van der Waals surface area contributed by atoms with Crippen molar-refractivity contribution in [3.63, 3.8) is 0 Å². The molecule has 0 radical (unpaired) electrons. The molecule has 1 aromatic heterocycles. The molecule has 3 atom stereocenters. The Hall–Kier alpha value is -2.90. The van der Waals surface area contributed by atoms with Crippen LogP contribution in [0.2, 0.25) is 0 Å². The molecule has 2 saturated heterocycles. The van der Waals surface area contributed by atoms with Gasteiger partial charge in [-0.25, -0.2) is 0 Å². The molecule has 0 spiro atoms. The van der Waals surface area contributed by atoms with Crippen LogP contribution in [-0.2, 0) is 11.3 Å². The largest absolute Gasteiger partial charge is 0.487 e. The van der Waals surface area contributed by atoms with Gasteiger partial charge in [-0.2, -0.15) is 5.10 Å². The van der Waals surface area contributed by atoms with E-state index in [1.165, 1.54) is 12.8 Å². The molecule has 2 aliphatic heterocycles. The summed E-state index contributed by atoms with van der Waals surface area (Å²) in [6.07, 6.45) is 4.23. The van der Waals surface area contributed by atoms with Gasteiger partial charge in [-0.15, -0.1) is 0 Å². The first-order valence-electron chi connectivity index (χ1n) is 13.4. The van der Waals surface area contributed by atoms with Gasteiger partial charge in [0.05, 0.1) is 13.2 Å². The molecule has 2 aliphatic rings. The summed E-state index contributed by atoms with van der Waals surface area (Å²) < 4.78 is 14.0. The lowest BCUT2D eigenvalue weighted by Crippen LogP contribution is -2.60. The topological polar surface area (TPSA) is 68.6 Å². The number of hydrogen-bond donors (Lipinski definition) is 1. The highest BCUT2D eigenvalue weighted by molar-refractivity contribution is 6.06. The first kappa shape index (κ1) is 24.8. The monoisotopic (exact) mass is 490 g/mol. The van der Waals surface area contributed by atoms with E-state index in [9.17, 15) is 4.79 Å². The van der Waals surface area contributed by atoms with Gasteiger partial charge in [-0.1, -0.05) is 55.8 Å². The van der Waals surface area contributed by atoms with Crippen molar-refractivity contribution in [1.82, 2.24) is 20.0 Å². The van der Waals surface area contributed by atoms with Crippen LogP contribution in [0.5, 0.6) is 5.75 Å². The summed E-state index contributed by atoms with van der Waals surface area (Å²) in [7, 11) is 0. The average molecular weight is 491 g/mol. The van der Waals surface area contributed by atoms with Gasteiger partial charge in [0.1, 0.15) is 17.9 Å². The van der Waals surface area contributed by atoms with Crippen LogP contribution in [0.25, 0.3) is 10.9 Å². The lowest BCUT2D eigenvalue weighted by atomic mass is 9.89. The zero-order valence-electron chi connectivity index (χ0n) is 21.7. The quantitative estimate of drug-likeness (QED) is 0.459. The highest BCUT2D eigenvalue weighted by atomic mass is 16.5. The predicted octanol–water partition coefficient (Wildman–Crippen LogP) is 4.96. The van der Waals surface area contributed by atoms with E-state index in [1.807, 2.05) is 53.2 Å². The Balaban J connectivity index is 1.36. The number of carbonyl (C=O) groups is 1. The number of hydrogen-bond acceptors (Lipinski definition) is 5. The molecule has 5 rings (SSSR count). The third-order valence-electron chi connectivity index (χ3n) is 7.41. The van der Waals surface area contributed by atoms with Gasteiger partial charge >= 0.3 is 0 Å². The van der Waals surface area contributed by atoms with Crippen LogP contribution in [-0.4, -0.2) is 58.5 Å². The Morgan fingerprint density at radius 1 is 1.11 bits per heavy atom. The van der Waals surface area contributed by atoms with Crippen LogP contribution >= 0.6 is 0 Å². The second-order valence-electron chi connectivity index (χ2n) is 10.4. The van der Waals surface area contributed by atoms with Crippen molar-refractivity contribution in [3.05, 3.63) is 59.8 Å². The minimum Gasteiger partial charge on any atom is -0.487 e. The molecule has 2 fully saturated rings. The molecule has 2 aromatic carbocycles. The zero-order chi connectivity index (χ0) is 25.1. The average Bonchev–Trinajstić information content (AvgIpc) is 3.28. The standard InChI is InChI=1S/C29H38N4O3/c1-4-5-14-32-23-15-22(16-24(32)19-35-18-23)30-29(34)27-25-12-9-13-26(28(25)33(31-27)20(2)3)36-17-21-10-7-6-8-11-21/h6-13,20,22-24H,4-5,14-19H2,1-3H3,(H,30,34)/t22?,23-,24+. The molecule has 1 amide bonds. The number of aromatic nitrogens is 2. The van der Waals surface area contributed by atoms with E-state index in [0.29, 0.717) is 24.4 Å². The van der Waals surface area contributed by atoms with Crippen molar-refractivity contribution in [2.45, 2.75) is 77.2 Å². The van der Waals surface area contributed by atoms with Crippen molar-refractivity contribution >= 4 is 16.8 Å². The number of fused-ring (bicyclic) bond motifs is 3. The fourth-order valence-corrected chi connectivity index (χ4v) is 5.62. The lowest BCUT2D eigenvalue weighted by molar-refractivity contribution is -0.0802. The maximum absolute atomic E-state index is 13.6. The van der Waals surface area contributed by atoms with E-state index in [2.05, 4.69) is 31.0 Å². The highest BCUT2D eigenvalue weighted by Crippen LogP contribution is 2.32. The normalized spacial score (nSPS) is 22.2. The zero-order valence-corrected chi connectivity index (χ0v) is 21.7. The summed E-state index contributed by atoms with van der Waals surface area (Å²) in [6, 6.07) is 17.0. The van der Waals surface area contributed by atoms with Gasteiger partial charge in [0.15, 0.2) is 5.69 Å². The fourth-order valence-electron chi connectivity index (χ4n) is 5.62. The molecule has 7 nitrogen and oxygen atoms in total. The number of morpholine rings is 1. The number of nitrogens with zero attached hydrogens (tertiary/aromatic N) is 3. The first-order chi connectivity index (χ1) is 17.5. The molecule has 2 bridgehead atoms. The number of amides is 1. The maximum Gasteiger partial charge on any atom is 0.272 e. The summed E-state index contributed by atoms with van der Waals surface area (Å²) >= 11 is 0. The summed E-state index contributed by atoms with van der Waals surface area (Å²) in [6.45, 7) is 9.47. The minimum atomic E-state index is -0.106. The number of para-hydroxylation sites is 1. The van der Waals surface area contributed by atoms with Gasteiger partial charge in [0, 0.05) is 29.6 Å². The number of ether oxygens (including phenoxy) is 2. The second kappa shape index (κ2) is 11.0. The number of benzene rings is 2. The molecule has 1 unspecified atom stereocenters. The van der Waals surface area contributed by atoms with Gasteiger partial charge in [0.25, 0.3) is 5.91 Å². The minimum absolute atomic E-state index is 0.0915. The van der Waals surface area contributed by atoms with Gasteiger partial charge in [0.2, 0.25) is 0 Å². The SMILES string of the molecule is CCCCN1[C@@H]2COC[C@H]1CC(NC(=O)c1nn(C(C)C)c3c(OCc4ccccc4)cccc13)C2. The van der Waals surface area contributed by atoms with Gasteiger partial charge in [-0.05, 0) is 51.3 Å². The number of carbonyl (C=O) groups excluding carboxylic acids is 1. The van der Waals surface area contributed by atoms with Crippen LogP contribution in [0.3, 0.4) is 0 Å². The number of unbranched alkanes of at least 4 members (excludes halogenated alkanes) is 1. The number of piperidine rings is 1. The van der Waals surface area contributed by atoms with Crippen LogP contribution in [0.1, 0.15) is 68.5 Å². The molecule has 3 aromatic rings. The van der Waals surface area contributed by atoms with Gasteiger partial charge < -0.3 is 14.8 Å². The van der Waals surface area contributed by atoms with Gasteiger partial charge in [-0.3, -0.25) is 14.4 Å². The molecule has 7 heteroatoms. The third-order valence-corrected chi connectivity index (χ3v) is 7.41. The Morgan fingerprint density at radius 3 is 2.56 bits per heavy atom. The highest BCUT2D eigenvalue weighted by Gasteiger charge is 2.39. The number of rotatable bonds is 9. The van der Waals surface area contributed by atoms with E-state index < -0.39 is 0 Å². The van der Waals surface area contributed by atoms with Crippen molar-refractivity contribution in [3.8, 4) is 5.75 Å². The first-order valence-corrected chi connectivity index (χ1v) is 13.4. The number of nitrogens with one attached hydrogen (secondary N) is 1. The molecular weight excluding hydrogens is 452 g/mol. The van der Waals surface area contributed by atoms with Crippen LogP contribution in [0.15, 0.2) is 48.5 Å². The molecule has 3 heterocycles. The van der Waals surface area contributed by atoms with E-state index in [-0.39, 0.29) is 18.0 Å². The van der Waals surface area contributed by atoms with E-state index in [0.717, 1.165) is 54.8 Å². The summed E-state index contributed by atoms with van der Waals surface area (Å²) in [5, 5.41) is 8.94. The third kappa shape index (κ3) is 5.13. The van der Waals surface area contributed by atoms with Crippen LogP contribution in [0, 0.1) is 0 Å². The maximum atomic E-state index is 13.6. The molecule has 1 N–H and O–H groups in total. The van der Waals surface area contributed by atoms with E-state index in [4.69, 9.17) is 14.6 Å². The molecule has 0 saturated carbocycles. The predicted molar refractivity (Wildman–Crippen MR) is 141 cm³/mol. The van der Waals surface area contributed by atoms with Crippen molar-refractivity contribution < 1.29 is 14.3 Å². The van der Waals surface area contributed by atoms with Crippen molar-refractivity contribution in [2.75, 3.05) is 19.8 Å². The molecular formula is C29H38N4O3. The Morgan fingerprint density at radius 2 is 1.86 bits per heavy atom. The second-order valence-corrected chi connectivity index (χ2v) is 10.4. The molecule has 192 valence electrons. The van der Waals surface area contributed by atoms with E-state index >= 15 is 0 Å². The summed E-state index contributed by atoms with van der Waals surface area (Å²) in [5.41, 5.74) is 2.44. The van der Waals surface area contributed by atoms with E-state index in [1.54, 1.807) is 0 Å². The fraction of sp³-hybridized carbons (Fsp3) is 0.517. The Kier molecular flexibility index (Phi) is 7.58. The smallest absolute Gasteiger partial charge is 0.272 e. The summed E-state index contributed by atoms with van der Waals surface area (Å²) in [4.78, 5) is 16.2. The Bertz CT molecular complexity index is 1160. The summed E-state index contributed by atoms with van der Waals surface area (Å²) in [5.74, 6) is 0.637. The molecule has 0 aliphatic carbocycles. The Labute approximate surface area is 213 Å². The van der Waals surface area contributed by atoms with Crippen LogP contribution < -0.4 is 10.1 Å². The van der Waals surface area contributed by atoms with Crippen molar-refractivity contribution in [1.29, 1.82) is 0 Å². The lowest BCUT2D eigenvalue weighted by Gasteiger charge is -2.48. The van der Waals surface area contributed by atoms with Crippen molar-refractivity contribution in [2.24, 2.45) is 0 Å².